The summed E-state index contributed by atoms with van der Waals surface area (Å²) in [5.41, 5.74) is 6.73. The number of aromatic nitrogens is 1. The standard InChI is InChI=1S/C14H13ClFN3O/c1-2-10-5-8(6-13(17)18-10)14(20)19-12-4-3-9(15)7-11(12)16/h3-7H,2H2,1H3,(H2,17,18)(H,19,20). The number of amides is 1. The molecule has 20 heavy (non-hydrogen) atoms. The van der Waals surface area contributed by atoms with Crippen LogP contribution in [0.1, 0.15) is 23.0 Å². The molecule has 0 aliphatic rings. The number of carbonyl (C=O) groups is 1. The average molecular weight is 294 g/mol. The van der Waals surface area contributed by atoms with Crippen molar-refractivity contribution in [1.29, 1.82) is 0 Å². The van der Waals surface area contributed by atoms with E-state index in [0.717, 1.165) is 6.07 Å². The van der Waals surface area contributed by atoms with Gasteiger partial charge in [0.05, 0.1) is 5.69 Å². The molecule has 0 aliphatic carbocycles. The molecule has 0 unspecified atom stereocenters. The molecule has 1 amide bonds. The number of anilines is 2. The van der Waals surface area contributed by atoms with E-state index in [1.807, 2.05) is 6.92 Å². The molecule has 3 N–H and O–H groups in total. The highest BCUT2D eigenvalue weighted by atomic mass is 35.5. The third-order valence-electron chi connectivity index (χ3n) is 2.70. The van der Waals surface area contributed by atoms with Gasteiger partial charge in [-0.15, -0.1) is 0 Å². The van der Waals surface area contributed by atoms with E-state index >= 15 is 0 Å². The smallest absolute Gasteiger partial charge is 0.255 e. The van der Waals surface area contributed by atoms with Gasteiger partial charge in [0.15, 0.2) is 0 Å². The summed E-state index contributed by atoms with van der Waals surface area (Å²) in [6.45, 7) is 1.91. The maximum Gasteiger partial charge on any atom is 0.255 e. The van der Waals surface area contributed by atoms with Crippen molar-refractivity contribution in [2.45, 2.75) is 13.3 Å². The number of halogens is 2. The average Bonchev–Trinajstić information content (AvgIpc) is 2.41. The fraction of sp³-hybridized carbons (Fsp3) is 0.143. The van der Waals surface area contributed by atoms with Crippen molar-refractivity contribution < 1.29 is 9.18 Å². The topological polar surface area (TPSA) is 68.0 Å². The van der Waals surface area contributed by atoms with Crippen LogP contribution in [0.2, 0.25) is 5.02 Å². The molecule has 0 spiro atoms. The second-order valence-corrected chi connectivity index (χ2v) is 4.64. The van der Waals surface area contributed by atoms with Crippen molar-refractivity contribution in [3.63, 3.8) is 0 Å². The van der Waals surface area contributed by atoms with E-state index in [4.69, 9.17) is 17.3 Å². The summed E-state index contributed by atoms with van der Waals surface area (Å²) in [6, 6.07) is 7.11. The summed E-state index contributed by atoms with van der Waals surface area (Å²) < 4.78 is 13.6. The lowest BCUT2D eigenvalue weighted by atomic mass is 10.1. The molecule has 2 rings (SSSR count). The Hall–Kier alpha value is -2.14. The van der Waals surface area contributed by atoms with E-state index in [2.05, 4.69) is 10.3 Å². The molecule has 0 bridgehead atoms. The predicted octanol–water partition coefficient (Wildman–Crippen LogP) is 3.27. The fourth-order valence-electron chi connectivity index (χ4n) is 1.71. The van der Waals surface area contributed by atoms with Gasteiger partial charge in [0.1, 0.15) is 11.6 Å². The van der Waals surface area contributed by atoms with Crippen molar-refractivity contribution >= 4 is 29.0 Å². The Morgan fingerprint density at radius 3 is 2.80 bits per heavy atom. The first-order chi connectivity index (χ1) is 9.49. The Bertz CT molecular complexity index is 661. The van der Waals surface area contributed by atoms with Crippen LogP contribution in [-0.4, -0.2) is 10.9 Å². The normalized spacial score (nSPS) is 10.3. The summed E-state index contributed by atoms with van der Waals surface area (Å²) in [6.07, 6.45) is 0.653. The summed E-state index contributed by atoms with van der Waals surface area (Å²) in [5, 5.41) is 2.74. The van der Waals surface area contributed by atoms with Crippen LogP contribution in [0.4, 0.5) is 15.9 Å². The van der Waals surface area contributed by atoms with Crippen molar-refractivity contribution in [3.05, 3.63) is 52.4 Å². The van der Waals surface area contributed by atoms with Crippen molar-refractivity contribution in [2.75, 3.05) is 11.1 Å². The minimum absolute atomic E-state index is 0.0628. The van der Waals surface area contributed by atoms with E-state index in [9.17, 15) is 9.18 Å². The molecule has 1 aromatic heterocycles. The maximum absolute atomic E-state index is 13.6. The number of nitrogens with zero attached hydrogens (tertiary/aromatic N) is 1. The zero-order chi connectivity index (χ0) is 14.7. The van der Waals surface area contributed by atoms with Crippen LogP contribution in [0.3, 0.4) is 0 Å². The molecule has 1 aromatic carbocycles. The molecule has 0 atom stereocenters. The van der Waals surface area contributed by atoms with Gasteiger partial charge in [-0.2, -0.15) is 0 Å². The Kier molecular flexibility index (Phi) is 4.20. The first-order valence-corrected chi connectivity index (χ1v) is 6.40. The molecule has 4 nitrogen and oxygen atoms in total. The maximum atomic E-state index is 13.6. The largest absolute Gasteiger partial charge is 0.384 e. The van der Waals surface area contributed by atoms with Crippen LogP contribution in [0.5, 0.6) is 0 Å². The second-order valence-electron chi connectivity index (χ2n) is 4.20. The lowest BCUT2D eigenvalue weighted by molar-refractivity contribution is 0.102. The van der Waals surface area contributed by atoms with E-state index < -0.39 is 11.7 Å². The van der Waals surface area contributed by atoms with Gasteiger partial charge >= 0.3 is 0 Å². The number of rotatable bonds is 3. The quantitative estimate of drug-likeness (QED) is 0.912. The number of nitrogens with two attached hydrogens (primary N) is 1. The number of aryl methyl sites for hydroxylation is 1. The third kappa shape index (κ3) is 3.24. The molecule has 0 saturated heterocycles. The minimum atomic E-state index is -0.594. The monoisotopic (exact) mass is 293 g/mol. The van der Waals surface area contributed by atoms with Gasteiger partial charge in [0.25, 0.3) is 5.91 Å². The summed E-state index contributed by atoms with van der Waals surface area (Å²) in [5.74, 6) is -0.787. The Morgan fingerprint density at radius 1 is 1.40 bits per heavy atom. The van der Waals surface area contributed by atoms with Crippen molar-refractivity contribution in [3.8, 4) is 0 Å². The van der Waals surface area contributed by atoms with Crippen LogP contribution in [0.15, 0.2) is 30.3 Å². The highest BCUT2D eigenvalue weighted by molar-refractivity contribution is 6.30. The highest BCUT2D eigenvalue weighted by Crippen LogP contribution is 2.20. The SMILES string of the molecule is CCc1cc(C(=O)Nc2ccc(Cl)cc2F)cc(N)n1. The Balaban J connectivity index is 2.26. The summed E-state index contributed by atoms with van der Waals surface area (Å²) >= 11 is 5.65. The molecule has 6 heteroatoms. The Morgan fingerprint density at radius 2 is 2.15 bits per heavy atom. The van der Waals surface area contributed by atoms with E-state index in [-0.39, 0.29) is 16.5 Å². The molecule has 0 fully saturated rings. The van der Waals surface area contributed by atoms with Gasteiger partial charge in [-0.3, -0.25) is 4.79 Å². The van der Waals surface area contributed by atoms with Crippen LogP contribution in [0, 0.1) is 5.82 Å². The predicted molar refractivity (Wildman–Crippen MR) is 77.4 cm³/mol. The first-order valence-electron chi connectivity index (χ1n) is 6.02. The third-order valence-corrected chi connectivity index (χ3v) is 2.94. The molecule has 1 heterocycles. The zero-order valence-corrected chi connectivity index (χ0v) is 11.5. The molecule has 104 valence electrons. The molecular weight excluding hydrogens is 281 g/mol. The van der Waals surface area contributed by atoms with Crippen LogP contribution in [-0.2, 0) is 6.42 Å². The second kappa shape index (κ2) is 5.88. The fourth-order valence-corrected chi connectivity index (χ4v) is 1.87. The zero-order valence-electron chi connectivity index (χ0n) is 10.8. The first kappa shape index (κ1) is 14.3. The van der Waals surface area contributed by atoms with Gasteiger partial charge in [-0.1, -0.05) is 18.5 Å². The van der Waals surface area contributed by atoms with E-state index in [1.165, 1.54) is 18.2 Å². The number of nitrogen functional groups attached to an aromatic ring is 1. The molecule has 0 radical (unpaired) electrons. The number of hydrogen-bond donors (Lipinski definition) is 2. The van der Waals surface area contributed by atoms with Crippen LogP contribution >= 0.6 is 11.6 Å². The van der Waals surface area contributed by atoms with Gasteiger partial charge < -0.3 is 11.1 Å². The lowest BCUT2D eigenvalue weighted by Crippen LogP contribution is -2.14. The van der Waals surface area contributed by atoms with Crippen molar-refractivity contribution in [1.82, 2.24) is 4.98 Å². The molecular formula is C14H13ClFN3O. The highest BCUT2D eigenvalue weighted by Gasteiger charge is 2.11. The number of hydrogen-bond acceptors (Lipinski definition) is 3. The van der Waals surface area contributed by atoms with Crippen LogP contribution in [0.25, 0.3) is 0 Å². The Labute approximate surface area is 120 Å². The van der Waals surface area contributed by atoms with Gasteiger partial charge in [0.2, 0.25) is 0 Å². The van der Waals surface area contributed by atoms with Gasteiger partial charge in [-0.25, -0.2) is 9.37 Å². The summed E-state index contributed by atoms with van der Waals surface area (Å²) in [7, 11) is 0. The minimum Gasteiger partial charge on any atom is -0.384 e. The van der Waals surface area contributed by atoms with E-state index in [1.54, 1.807) is 6.07 Å². The van der Waals surface area contributed by atoms with Crippen molar-refractivity contribution in [2.24, 2.45) is 0 Å². The number of benzene rings is 1. The number of pyridine rings is 1. The van der Waals surface area contributed by atoms with E-state index in [0.29, 0.717) is 17.7 Å². The van der Waals surface area contributed by atoms with Gasteiger partial charge in [-0.05, 0) is 36.8 Å². The van der Waals surface area contributed by atoms with Gasteiger partial charge in [0, 0.05) is 16.3 Å². The molecule has 2 aromatic rings. The number of carbonyl (C=O) groups excluding carboxylic acids is 1. The molecule has 0 saturated carbocycles. The summed E-state index contributed by atoms with van der Waals surface area (Å²) in [4.78, 5) is 16.2. The molecule has 0 aliphatic heterocycles. The lowest BCUT2D eigenvalue weighted by Gasteiger charge is -2.08. The number of nitrogens with one attached hydrogen (secondary N) is 1. The van der Waals surface area contributed by atoms with Crippen LogP contribution < -0.4 is 11.1 Å².